The smallest absolute Gasteiger partial charge is 0.260 e. The Morgan fingerprint density at radius 2 is 2.08 bits per heavy atom. The number of aromatic nitrogens is 3. The van der Waals surface area contributed by atoms with Crippen LogP contribution in [0.15, 0.2) is 45.6 Å². The molecule has 128 valence electrons. The van der Waals surface area contributed by atoms with Crippen molar-refractivity contribution in [3.05, 3.63) is 69.5 Å². The van der Waals surface area contributed by atoms with E-state index in [0.717, 1.165) is 37.3 Å². The van der Waals surface area contributed by atoms with Gasteiger partial charge in [-0.3, -0.25) is 9.69 Å². The fraction of sp³-hybridized carbons (Fsp3) is 0.316. The molecule has 0 spiro atoms. The largest absolute Gasteiger partial charge is 0.421 e. The van der Waals surface area contributed by atoms with E-state index in [0.29, 0.717) is 23.8 Å². The summed E-state index contributed by atoms with van der Waals surface area (Å²) in [5, 5.41) is 7.96. The Morgan fingerprint density at radius 3 is 2.84 bits per heavy atom. The topological polar surface area (TPSA) is 75.0 Å². The summed E-state index contributed by atoms with van der Waals surface area (Å²) in [6, 6.07) is 12.3. The van der Waals surface area contributed by atoms with E-state index in [-0.39, 0.29) is 5.56 Å². The Labute approximate surface area is 145 Å². The molecule has 0 bridgehead atoms. The first-order valence-electron chi connectivity index (χ1n) is 8.57. The summed E-state index contributed by atoms with van der Waals surface area (Å²) in [4.78, 5) is 17.7. The van der Waals surface area contributed by atoms with Crippen LogP contribution in [0.25, 0.3) is 11.5 Å². The predicted octanol–water partition coefficient (Wildman–Crippen LogP) is 2.55. The first-order valence-corrected chi connectivity index (χ1v) is 8.57. The highest BCUT2D eigenvalue weighted by Gasteiger charge is 2.21. The zero-order valence-corrected chi connectivity index (χ0v) is 14.2. The summed E-state index contributed by atoms with van der Waals surface area (Å²) in [6.07, 6.45) is 1.49. The fourth-order valence-corrected chi connectivity index (χ4v) is 3.21. The van der Waals surface area contributed by atoms with Crippen LogP contribution < -0.4 is 5.56 Å². The van der Waals surface area contributed by atoms with Crippen molar-refractivity contribution in [1.29, 1.82) is 0 Å². The van der Waals surface area contributed by atoms with Gasteiger partial charge in [0.15, 0.2) is 0 Å². The SMILES string of the molecule is CCc1nnc(-c2cc3c([nH]c2=O)CCN(Cc2ccccc2)C3)o1. The van der Waals surface area contributed by atoms with Crippen molar-refractivity contribution in [3.8, 4) is 11.5 Å². The van der Waals surface area contributed by atoms with Gasteiger partial charge in [-0.05, 0) is 17.2 Å². The van der Waals surface area contributed by atoms with E-state index in [1.165, 1.54) is 5.56 Å². The van der Waals surface area contributed by atoms with E-state index >= 15 is 0 Å². The fourth-order valence-electron chi connectivity index (χ4n) is 3.21. The Bertz CT molecular complexity index is 930. The standard InChI is InChI=1S/C19H20N4O2/c1-2-17-21-22-19(25-17)15-10-14-12-23(9-8-16(14)20-18(15)24)11-13-6-4-3-5-7-13/h3-7,10H,2,8-9,11-12H2,1H3,(H,20,24). The van der Waals surface area contributed by atoms with Crippen LogP contribution in [-0.2, 0) is 25.9 Å². The van der Waals surface area contributed by atoms with Crippen LogP contribution in [0.1, 0.15) is 29.6 Å². The van der Waals surface area contributed by atoms with Gasteiger partial charge in [0.25, 0.3) is 11.4 Å². The lowest BCUT2D eigenvalue weighted by molar-refractivity contribution is 0.243. The number of rotatable bonds is 4. The van der Waals surface area contributed by atoms with Crippen LogP contribution in [0.4, 0.5) is 0 Å². The quantitative estimate of drug-likeness (QED) is 0.792. The van der Waals surface area contributed by atoms with Crippen LogP contribution >= 0.6 is 0 Å². The second-order valence-electron chi connectivity index (χ2n) is 6.32. The summed E-state index contributed by atoms with van der Waals surface area (Å²) in [6.45, 7) is 4.56. The number of nitrogens with one attached hydrogen (secondary N) is 1. The van der Waals surface area contributed by atoms with Gasteiger partial charge in [-0.25, -0.2) is 0 Å². The molecule has 0 aliphatic carbocycles. The molecule has 0 saturated carbocycles. The maximum Gasteiger partial charge on any atom is 0.260 e. The molecule has 0 unspecified atom stereocenters. The number of fused-ring (bicyclic) bond motifs is 1. The maximum atomic E-state index is 12.4. The molecule has 1 aromatic carbocycles. The number of aromatic amines is 1. The molecule has 25 heavy (non-hydrogen) atoms. The Kier molecular flexibility index (Phi) is 4.19. The highest BCUT2D eigenvalue weighted by atomic mass is 16.4. The first-order chi connectivity index (χ1) is 12.2. The van der Waals surface area contributed by atoms with Gasteiger partial charge in [0, 0.05) is 38.2 Å². The van der Waals surface area contributed by atoms with Crippen molar-refractivity contribution < 1.29 is 4.42 Å². The molecule has 6 heteroatoms. The summed E-state index contributed by atoms with van der Waals surface area (Å²) in [5.74, 6) is 0.832. The van der Waals surface area contributed by atoms with E-state index < -0.39 is 0 Å². The first kappa shape index (κ1) is 15.8. The summed E-state index contributed by atoms with van der Waals surface area (Å²) >= 11 is 0. The van der Waals surface area contributed by atoms with Gasteiger partial charge >= 0.3 is 0 Å². The number of H-pyrrole nitrogens is 1. The van der Waals surface area contributed by atoms with Gasteiger partial charge in [-0.15, -0.1) is 10.2 Å². The van der Waals surface area contributed by atoms with E-state index in [1.807, 2.05) is 19.1 Å². The minimum Gasteiger partial charge on any atom is -0.421 e. The van der Waals surface area contributed by atoms with Crippen molar-refractivity contribution in [2.75, 3.05) is 6.54 Å². The van der Waals surface area contributed by atoms with Crippen LogP contribution in [0, 0.1) is 0 Å². The molecule has 1 aliphatic rings. The lowest BCUT2D eigenvalue weighted by Crippen LogP contribution is -2.32. The van der Waals surface area contributed by atoms with E-state index in [9.17, 15) is 4.79 Å². The number of benzene rings is 1. The molecule has 1 N–H and O–H groups in total. The van der Waals surface area contributed by atoms with Gasteiger partial charge < -0.3 is 9.40 Å². The molecule has 0 amide bonds. The molecule has 1 aliphatic heterocycles. The van der Waals surface area contributed by atoms with Gasteiger partial charge in [0.1, 0.15) is 5.56 Å². The normalized spacial score (nSPS) is 14.4. The molecular weight excluding hydrogens is 316 g/mol. The number of pyridine rings is 1. The van der Waals surface area contributed by atoms with Crippen LogP contribution in [-0.4, -0.2) is 26.6 Å². The van der Waals surface area contributed by atoms with Gasteiger partial charge in [0.05, 0.1) is 0 Å². The van der Waals surface area contributed by atoms with Crippen molar-refractivity contribution in [2.24, 2.45) is 0 Å². The maximum absolute atomic E-state index is 12.4. The van der Waals surface area contributed by atoms with Crippen LogP contribution in [0.5, 0.6) is 0 Å². The third kappa shape index (κ3) is 3.25. The van der Waals surface area contributed by atoms with E-state index in [4.69, 9.17) is 4.42 Å². The van der Waals surface area contributed by atoms with Gasteiger partial charge in [-0.2, -0.15) is 0 Å². The monoisotopic (exact) mass is 336 g/mol. The minimum absolute atomic E-state index is 0.165. The van der Waals surface area contributed by atoms with E-state index in [2.05, 4.69) is 44.3 Å². The number of hydrogen-bond acceptors (Lipinski definition) is 5. The molecular formula is C19H20N4O2. The Morgan fingerprint density at radius 1 is 1.24 bits per heavy atom. The van der Waals surface area contributed by atoms with Crippen molar-refractivity contribution in [1.82, 2.24) is 20.1 Å². The highest BCUT2D eigenvalue weighted by Crippen LogP contribution is 2.22. The number of nitrogens with zero attached hydrogens (tertiary/aromatic N) is 3. The molecule has 6 nitrogen and oxygen atoms in total. The summed E-state index contributed by atoms with van der Waals surface area (Å²) in [7, 11) is 0. The lowest BCUT2D eigenvalue weighted by atomic mass is 10.0. The zero-order valence-electron chi connectivity index (χ0n) is 14.2. The number of aryl methyl sites for hydroxylation is 1. The molecule has 3 aromatic rings. The lowest BCUT2D eigenvalue weighted by Gasteiger charge is -2.28. The second kappa shape index (κ2) is 6.64. The highest BCUT2D eigenvalue weighted by molar-refractivity contribution is 5.53. The van der Waals surface area contributed by atoms with Crippen LogP contribution in [0.3, 0.4) is 0 Å². The Balaban J connectivity index is 1.61. The van der Waals surface area contributed by atoms with Crippen molar-refractivity contribution >= 4 is 0 Å². The van der Waals surface area contributed by atoms with E-state index in [1.54, 1.807) is 0 Å². The van der Waals surface area contributed by atoms with Gasteiger partial charge in [0.2, 0.25) is 5.89 Å². The predicted molar refractivity (Wildman–Crippen MR) is 94.0 cm³/mol. The summed E-state index contributed by atoms with van der Waals surface area (Å²) < 4.78 is 5.56. The molecule has 3 heterocycles. The third-order valence-electron chi connectivity index (χ3n) is 4.54. The van der Waals surface area contributed by atoms with Crippen molar-refractivity contribution in [2.45, 2.75) is 32.9 Å². The summed E-state index contributed by atoms with van der Waals surface area (Å²) in [5.41, 5.74) is 3.70. The third-order valence-corrected chi connectivity index (χ3v) is 4.54. The number of hydrogen-bond donors (Lipinski definition) is 1. The zero-order chi connectivity index (χ0) is 17.2. The average Bonchev–Trinajstić information content (AvgIpc) is 3.11. The molecule has 0 atom stereocenters. The molecule has 2 aromatic heterocycles. The minimum atomic E-state index is -0.165. The van der Waals surface area contributed by atoms with Crippen molar-refractivity contribution in [3.63, 3.8) is 0 Å². The molecule has 0 radical (unpaired) electrons. The molecule has 0 fully saturated rings. The Hall–Kier alpha value is -2.73. The molecule has 4 rings (SSSR count). The average molecular weight is 336 g/mol. The molecule has 0 saturated heterocycles. The van der Waals surface area contributed by atoms with Gasteiger partial charge in [-0.1, -0.05) is 37.3 Å². The van der Waals surface area contributed by atoms with Crippen LogP contribution in [0.2, 0.25) is 0 Å². The second-order valence-corrected chi connectivity index (χ2v) is 6.32.